The number of pyridine rings is 1. The van der Waals surface area contributed by atoms with Crippen LogP contribution in [0.15, 0.2) is 84.9 Å². The van der Waals surface area contributed by atoms with Crippen LogP contribution in [0.25, 0.3) is 10.9 Å². The van der Waals surface area contributed by atoms with Gasteiger partial charge in [-0.2, -0.15) is 0 Å². The summed E-state index contributed by atoms with van der Waals surface area (Å²) in [5.41, 5.74) is 4.43. The summed E-state index contributed by atoms with van der Waals surface area (Å²) < 4.78 is 0. The SMILES string of the molecule is CN(C)c1cccc(Nc2cc(C(=O)NCc3ccccc3)c3ccccc3n2)c1. The van der Waals surface area contributed by atoms with E-state index in [4.69, 9.17) is 4.98 Å². The predicted octanol–water partition coefficient (Wildman–Crippen LogP) is 4.97. The minimum atomic E-state index is -0.123. The van der Waals surface area contributed by atoms with Crippen LogP contribution in [0.1, 0.15) is 15.9 Å². The normalized spacial score (nSPS) is 10.6. The lowest BCUT2D eigenvalue weighted by Crippen LogP contribution is -2.23. The van der Waals surface area contributed by atoms with Gasteiger partial charge in [-0.25, -0.2) is 4.98 Å². The molecule has 0 spiro atoms. The molecule has 150 valence electrons. The molecule has 0 saturated carbocycles. The van der Waals surface area contributed by atoms with Gasteiger partial charge in [-0.05, 0) is 35.9 Å². The lowest BCUT2D eigenvalue weighted by atomic mass is 10.1. The monoisotopic (exact) mass is 396 g/mol. The predicted molar refractivity (Wildman–Crippen MR) is 123 cm³/mol. The Morgan fingerprint density at radius 3 is 2.47 bits per heavy atom. The van der Waals surface area contributed by atoms with E-state index < -0.39 is 0 Å². The number of rotatable bonds is 6. The lowest BCUT2D eigenvalue weighted by Gasteiger charge is -2.15. The fourth-order valence-electron chi connectivity index (χ4n) is 3.31. The Kier molecular flexibility index (Phi) is 5.61. The first kappa shape index (κ1) is 19.5. The van der Waals surface area contributed by atoms with Crippen LogP contribution in [0, 0.1) is 0 Å². The number of nitrogens with zero attached hydrogens (tertiary/aromatic N) is 2. The zero-order chi connectivity index (χ0) is 20.9. The number of nitrogens with one attached hydrogen (secondary N) is 2. The number of fused-ring (bicyclic) bond motifs is 1. The van der Waals surface area contributed by atoms with E-state index in [0.717, 1.165) is 27.8 Å². The molecule has 0 atom stereocenters. The fraction of sp³-hybridized carbons (Fsp3) is 0.120. The molecule has 0 radical (unpaired) electrons. The summed E-state index contributed by atoms with van der Waals surface area (Å²) in [5, 5.41) is 7.19. The van der Waals surface area contributed by atoms with Crippen molar-refractivity contribution in [2.75, 3.05) is 24.3 Å². The molecular formula is C25H24N4O. The van der Waals surface area contributed by atoms with Crippen LogP contribution in [-0.4, -0.2) is 25.0 Å². The van der Waals surface area contributed by atoms with E-state index in [0.29, 0.717) is 17.9 Å². The van der Waals surface area contributed by atoms with Gasteiger partial charge in [-0.15, -0.1) is 0 Å². The van der Waals surface area contributed by atoms with E-state index in [1.807, 2.05) is 104 Å². The third-order valence-corrected chi connectivity index (χ3v) is 4.89. The summed E-state index contributed by atoms with van der Waals surface area (Å²) in [7, 11) is 4.01. The van der Waals surface area contributed by atoms with Gasteiger partial charge in [0.15, 0.2) is 0 Å². The third kappa shape index (κ3) is 4.41. The molecule has 30 heavy (non-hydrogen) atoms. The van der Waals surface area contributed by atoms with Crippen molar-refractivity contribution in [3.8, 4) is 0 Å². The van der Waals surface area contributed by atoms with Gasteiger partial charge in [-0.3, -0.25) is 4.79 Å². The molecule has 4 aromatic rings. The van der Waals surface area contributed by atoms with E-state index in [1.165, 1.54) is 0 Å². The van der Waals surface area contributed by atoms with Gasteiger partial charge >= 0.3 is 0 Å². The van der Waals surface area contributed by atoms with Crippen LogP contribution in [0.3, 0.4) is 0 Å². The summed E-state index contributed by atoms with van der Waals surface area (Å²) in [6, 6.07) is 27.5. The highest BCUT2D eigenvalue weighted by atomic mass is 16.1. The van der Waals surface area contributed by atoms with Crippen molar-refractivity contribution < 1.29 is 4.79 Å². The molecule has 2 N–H and O–H groups in total. The number of aromatic nitrogens is 1. The van der Waals surface area contributed by atoms with Crippen LogP contribution < -0.4 is 15.5 Å². The smallest absolute Gasteiger partial charge is 0.252 e. The van der Waals surface area contributed by atoms with Crippen molar-refractivity contribution in [1.29, 1.82) is 0 Å². The summed E-state index contributed by atoms with van der Waals surface area (Å²) in [5.74, 6) is 0.511. The lowest BCUT2D eigenvalue weighted by molar-refractivity contribution is 0.0952. The number of anilines is 3. The molecule has 3 aromatic carbocycles. The van der Waals surface area contributed by atoms with Crippen LogP contribution in [0.5, 0.6) is 0 Å². The first-order chi connectivity index (χ1) is 14.6. The molecule has 5 heteroatoms. The Balaban J connectivity index is 1.64. The van der Waals surface area contributed by atoms with Crippen molar-refractivity contribution in [3.05, 3.63) is 96.1 Å². The highest BCUT2D eigenvalue weighted by molar-refractivity contribution is 6.07. The molecule has 4 rings (SSSR count). The van der Waals surface area contributed by atoms with Crippen molar-refractivity contribution in [2.45, 2.75) is 6.54 Å². The first-order valence-corrected chi connectivity index (χ1v) is 9.86. The van der Waals surface area contributed by atoms with Crippen LogP contribution in [0.4, 0.5) is 17.2 Å². The minimum absolute atomic E-state index is 0.123. The number of amides is 1. The molecule has 0 unspecified atom stereocenters. The molecule has 0 bridgehead atoms. The van der Waals surface area contributed by atoms with Crippen molar-refractivity contribution in [3.63, 3.8) is 0 Å². The minimum Gasteiger partial charge on any atom is -0.378 e. The summed E-state index contributed by atoms with van der Waals surface area (Å²) in [4.78, 5) is 19.8. The summed E-state index contributed by atoms with van der Waals surface area (Å²) in [6.07, 6.45) is 0. The molecule has 1 amide bonds. The van der Waals surface area contributed by atoms with E-state index in [9.17, 15) is 4.79 Å². The van der Waals surface area contributed by atoms with Gasteiger partial charge < -0.3 is 15.5 Å². The zero-order valence-electron chi connectivity index (χ0n) is 17.1. The Morgan fingerprint density at radius 2 is 1.67 bits per heavy atom. The van der Waals surface area contributed by atoms with Crippen LogP contribution in [0.2, 0.25) is 0 Å². The third-order valence-electron chi connectivity index (χ3n) is 4.89. The van der Waals surface area contributed by atoms with Gasteiger partial charge in [0.05, 0.1) is 11.1 Å². The number of carbonyl (C=O) groups is 1. The molecule has 1 heterocycles. The van der Waals surface area contributed by atoms with Crippen LogP contribution >= 0.6 is 0 Å². The molecule has 0 aliphatic heterocycles. The number of carbonyl (C=O) groups excluding carboxylic acids is 1. The van der Waals surface area contributed by atoms with Gasteiger partial charge in [0.25, 0.3) is 5.91 Å². The topological polar surface area (TPSA) is 57.3 Å². The fourth-order valence-corrected chi connectivity index (χ4v) is 3.31. The van der Waals surface area contributed by atoms with Crippen molar-refractivity contribution in [1.82, 2.24) is 10.3 Å². The van der Waals surface area contributed by atoms with E-state index in [1.54, 1.807) is 0 Å². The van der Waals surface area contributed by atoms with E-state index in [-0.39, 0.29) is 5.91 Å². The van der Waals surface area contributed by atoms with E-state index in [2.05, 4.69) is 10.6 Å². The van der Waals surface area contributed by atoms with E-state index >= 15 is 0 Å². The molecule has 5 nitrogen and oxygen atoms in total. The molecular weight excluding hydrogens is 372 g/mol. The van der Waals surface area contributed by atoms with Gasteiger partial charge in [0.2, 0.25) is 0 Å². The maximum atomic E-state index is 13.0. The molecule has 1 aromatic heterocycles. The maximum Gasteiger partial charge on any atom is 0.252 e. The maximum absolute atomic E-state index is 13.0. The second kappa shape index (κ2) is 8.66. The van der Waals surface area contributed by atoms with Gasteiger partial charge in [0.1, 0.15) is 5.82 Å². The summed E-state index contributed by atoms with van der Waals surface area (Å²) in [6.45, 7) is 0.476. The van der Waals surface area contributed by atoms with Gasteiger partial charge in [0, 0.05) is 37.4 Å². The average Bonchev–Trinajstić information content (AvgIpc) is 2.78. The Bertz CT molecular complexity index is 1170. The molecule has 0 fully saturated rings. The van der Waals surface area contributed by atoms with Crippen molar-refractivity contribution in [2.24, 2.45) is 0 Å². The molecule has 0 aliphatic carbocycles. The van der Waals surface area contributed by atoms with Gasteiger partial charge in [-0.1, -0.05) is 54.6 Å². The number of para-hydroxylation sites is 1. The quantitative estimate of drug-likeness (QED) is 0.483. The number of hydrogen-bond acceptors (Lipinski definition) is 4. The summed E-state index contributed by atoms with van der Waals surface area (Å²) >= 11 is 0. The Hall–Kier alpha value is -3.86. The number of hydrogen-bond donors (Lipinski definition) is 2. The van der Waals surface area contributed by atoms with Crippen LogP contribution in [-0.2, 0) is 6.54 Å². The zero-order valence-corrected chi connectivity index (χ0v) is 17.1. The second-order valence-corrected chi connectivity index (χ2v) is 7.31. The first-order valence-electron chi connectivity index (χ1n) is 9.86. The second-order valence-electron chi connectivity index (χ2n) is 7.31. The Morgan fingerprint density at radius 1 is 0.900 bits per heavy atom. The van der Waals surface area contributed by atoms with Crippen molar-refractivity contribution >= 4 is 34.0 Å². The standard InChI is InChI=1S/C25H24N4O/c1-29(2)20-12-8-11-19(15-20)27-24-16-22(21-13-6-7-14-23(21)28-24)25(30)26-17-18-9-4-3-5-10-18/h3-16H,17H2,1-2H3,(H,26,30)(H,27,28). The molecule has 0 saturated heterocycles. The number of benzene rings is 3. The largest absolute Gasteiger partial charge is 0.378 e. The molecule has 0 aliphatic rings. The highest BCUT2D eigenvalue weighted by Crippen LogP contribution is 2.25. The highest BCUT2D eigenvalue weighted by Gasteiger charge is 2.13. The average molecular weight is 396 g/mol. The Labute approximate surface area is 176 Å².